The molecule has 1 saturated heterocycles. The highest BCUT2D eigenvalue weighted by atomic mass is 16.7. The molecule has 1 aliphatic heterocycles. The van der Waals surface area contributed by atoms with Crippen LogP contribution in [0.3, 0.4) is 0 Å². The van der Waals surface area contributed by atoms with Gasteiger partial charge in [-0.3, -0.25) is 4.79 Å². The van der Waals surface area contributed by atoms with Crippen LogP contribution in [0.1, 0.15) is 134 Å². The van der Waals surface area contributed by atoms with Gasteiger partial charge in [0.05, 0.1) is 17.3 Å². The smallest absolute Gasteiger partial charge is 0.403 e. The highest BCUT2D eigenvalue weighted by molar-refractivity contribution is 6.49. The summed E-state index contributed by atoms with van der Waals surface area (Å²) in [6, 6.07) is 0. The van der Waals surface area contributed by atoms with Crippen molar-refractivity contribution in [3.05, 3.63) is 11.6 Å². The summed E-state index contributed by atoms with van der Waals surface area (Å²) < 4.78 is 13.4. The maximum Gasteiger partial charge on any atom is 0.464 e. The van der Waals surface area contributed by atoms with Gasteiger partial charge in [-0.15, -0.1) is 0 Å². The van der Waals surface area contributed by atoms with Crippen LogP contribution in [0.4, 0.5) is 0 Å². The largest absolute Gasteiger partial charge is 0.464 e. The average molecular weight is 553 g/mol. The number of aliphatic hydroxyl groups is 1. The molecule has 0 amide bonds. The minimum absolute atomic E-state index is 0.0120. The van der Waals surface area contributed by atoms with E-state index in [0.717, 1.165) is 44.9 Å². The van der Waals surface area contributed by atoms with E-state index in [9.17, 15) is 9.90 Å². The molecular formula is C35H57BO4. The van der Waals surface area contributed by atoms with Crippen LogP contribution >= 0.6 is 0 Å². The Hall–Kier alpha value is -0.645. The van der Waals surface area contributed by atoms with Gasteiger partial charge in [-0.05, 0) is 130 Å². The number of carbonyl (C=O) groups is 1. The minimum atomic E-state index is -0.335. The zero-order chi connectivity index (χ0) is 29.5. The van der Waals surface area contributed by atoms with E-state index < -0.39 is 0 Å². The molecule has 0 aromatic rings. The Kier molecular flexibility index (Phi) is 6.10. The molecule has 1 N–H and O–H groups in total. The van der Waals surface area contributed by atoms with Crippen LogP contribution in [-0.2, 0) is 14.1 Å². The molecule has 4 nitrogen and oxygen atoms in total. The first-order valence-corrected chi connectivity index (χ1v) is 16.5. The van der Waals surface area contributed by atoms with Gasteiger partial charge in [0.1, 0.15) is 0 Å². The number of hydrogen-bond donors (Lipinski definition) is 1. The van der Waals surface area contributed by atoms with Crippen LogP contribution in [0.15, 0.2) is 11.6 Å². The molecule has 0 aromatic carbocycles. The van der Waals surface area contributed by atoms with E-state index >= 15 is 0 Å². The standard InChI is InChI=1S/C35H57BO4/c1-28(2)25-12-15-35(11)27(33(25,9)14-13-26(28)38)24(37)20-22-23-21-32(8,36-39-29(3,4)30(5,6)40-36)18-16-31(23,7)17-19-34(22,35)10/h20,23,25-27,38H,12-19,21H2,1-11H3/t23-,25-,26-,27+,31+,32+,33-,34+,35+/m0/s1. The van der Waals surface area contributed by atoms with Crippen molar-refractivity contribution in [2.24, 2.45) is 44.8 Å². The SMILES string of the molecule is CC1(C)[C@@H](O)CC[C@]2(C)[C@H]3C(=O)C=C4[C@@H]5C[C@](C)(B6OC(C)(C)C(C)(C)O6)CC[C@]5(C)CC[C@@]4(C)[C@]3(C)CC[C@@H]12. The lowest BCUT2D eigenvalue weighted by Crippen LogP contribution is -2.66. The van der Waals surface area contributed by atoms with Crippen LogP contribution < -0.4 is 0 Å². The average Bonchev–Trinajstić information content (AvgIpc) is 3.06. The fraction of sp³-hybridized carbons (Fsp3) is 0.914. The fourth-order valence-electron chi connectivity index (χ4n) is 11.5. The summed E-state index contributed by atoms with van der Waals surface area (Å²) in [7, 11) is -0.219. The normalized spacial score (nSPS) is 52.6. The van der Waals surface area contributed by atoms with Gasteiger partial charge < -0.3 is 14.4 Å². The molecule has 9 atom stereocenters. The van der Waals surface area contributed by atoms with Crippen molar-refractivity contribution in [3.63, 3.8) is 0 Å². The third kappa shape index (κ3) is 3.52. The number of allylic oxidation sites excluding steroid dienone is 2. The number of rotatable bonds is 1. The third-order valence-electron chi connectivity index (χ3n) is 15.4. The van der Waals surface area contributed by atoms with Crippen LogP contribution in [0.2, 0.25) is 5.31 Å². The number of carbonyl (C=O) groups excluding carboxylic acids is 1. The highest BCUT2D eigenvalue weighted by Crippen LogP contribution is 2.75. The molecule has 5 heteroatoms. The fourth-order valence-corrected chi connectivity index (χ4v) is 11.5. The Balaban J connectivity index is 1.40. The lowest BCUT2D eigenvalue weighted by atomic mass is 9.32. The number of fused-ring (bicyclic) bond motifs is 7. The Labute approximate surface area is 244 Å². The summed E-state index contributed by atoms with van der Waals surface area (Å²) in [6.07, 6.45) is 11.5. The first-order chi connectivity index (χ1) is 18.2. The van der Waals surface area contributed by atoms with E-state index in [4.69, 9.17) is 9.31 Å². The molecule has 1 heterocycles. The van der Waals surface area contributed by atoms with Crippen molar-refractivity contribution < 1.29 is 19.2 Å². The second kappa shape index (κ2) is 8.29. The topological polar surface area (TPSA) is 55.8 Å². The molecule has 224 valence electrons. The molecule has 0 radical (unpaired) electrons. The maximum absolute atomic E-state index is 14.6. The molecule has 40 heavy (non-hydrogen) atoms. The Morgan fingerprint density at radius 3 is 2.02 bits per heavy atom. The highest BCUT2D eigenvalue weighted by Gasteiger charge is 2.71. The Morgan fingerprint density at radius 2 is 1.40 bits per heavy atom. The molecule has 6 aliphatic rings. The van der Waals surface area contributed by atoms with E-state index in [1.54, 1.807) is 0 Å². The zero-order valence-electron chi connectivity index (χ0n) is 27.5. The number of hydrogen-bond acceptors (Lipinski definition) is 4. The van der Waals surface area contributed by atoms with E-state index in [1.165, 1.54) is 18.4 Å². The van der Waals surface area contributed by atoms with Gasteiger partial charge in [-0.1, -0.05) is 54.0 Å². The van der Waals surface area contributed by atoms with Crippen molar-refractivity contribution in [3.8, 4) is 0 Å². The van der Waals surface area contributed by atoms with Crippen molar-refractivity contribution in [1.29, 1.82) is 0 Å². The van der Waals surface area contributed by atoms with E-state index in [0.29, 0.717) is 17.6 Å². The van der Waals surface area contributed by atoms with Gasteiger partial charge in [-0.2, -0.15) is 0 Å². The van der Waals surface area contributed by atoms with Gasteiger partial charge in [-0.25, -0.2) is 0 Å². The summed E-state index contributed by atoms with van der Waals surface area (Å²) in [6.45, 7) is 25.5. The molecule has 4 saturated carbocycles. The number of aliphatic hydroxyl groups excluding tert-OH is 1. The summed E-state index contributed by atoms with van der Waals surface area (Å²) >= 11 is 0. The molecule has 0 aromatic heterocycles. The first-order valence-electron chi connectivity index (χ1n) is 16.5. The third-order valence-corrected chi connectivity index (χ3v) is 15.4. The predicted octanol–water partition coefficient (Wildman–Crippen LogP) is 8.17. The maximum atomic E-state index is 14.6. The summed E-state index contributed by atoms with van der Waals surface area (Å²) in [5.74, 6) is 1.16. The molecule has 5 fully saturated rings. The van der Waals surface area contributed by atoms with Crippen molar-refractivity contribution in [2.75, 3.05) is 0 Å². The molecular weight excluding hydrogens is 495 g/mol. The first kappa shape index (κ1) is 29.4. The van der Waals surface area contributed by atoms with Gasteiger partial charge >= 0.3 is 7.12 Å². The Morgan fingerprint density at radius 1 is 0.800 bits per heavy atom. The summed E-state index contributed by atoms with van der Waals surface area (Å²) in [5.41, 5.74) is 0.730. The predicted molar refractivity (Wildman–Crippen MR) is 162 cm³/mol. The van der Waals surface area contributed by atoms with Crippen LogP contribution in [-0.4, -0.2) is 35.3 Å². The van der Waals surface area contributed by atoms with E-state index in [-0.39, 0.29) is 62.7 Å². The molecule has 0 bridgehead atoms. The van der Waals surface area contributed by atoms with Crippen LogP contribution in [0.25, 0.3) is 0 Å². The van der Waals surface area contributed by atoms with E-state index in [2.05, 4.69) is 82.2 Å². The second-order valence-corrected chi connectivity index (χ2v) is 18.3. The van der Waals surface area contributed by atoms with Crippen molar-refractivity contribution >= 4 is 12.9 Å². The Bertz CT molecular complexity index is 1120. The lowest BCUT2D eigenvalue weighted by Gasteiger charge is -2.70. The lowest BCUT2D eigenvalue weighted by molar-refractivity contribution is -0.201. The quantitative estimate of drug-likeness (QED) is 0.333. The van der Waals surface area contributed by atoms with Crippen LogP contribution in [0, 0.1) is 44.8 Å². The zero-order valence-corrected chi connectivity index (χ0v) is 27.5. The van der Waals surface area contributed by atoms with E-state index in [1.807, 2.05) is 0 Å². The number of ketones is 1. The molecule has 5 aliphatic carbocycles. The van der Waals surface area contributed by atoms with Crippen molar-refractivity contribution in [2.45, 2.75) is 157 Å². The molecule has 0 spiro atoms. The van der Waals surface area contributed by atoms with Gasteiger partial charge in [0.25, 0.3) is 0 Å². The molecule has 6 rings (SSSR count). The van der Waals surface area contributed by atoms with Crippen molar-refractivity contribution in [1.82, 2.24) is 0 Å². The molecule has 0 unspecified atom stereocenters. The van der Waals surface area contributed by atoms with Gasteiger partial charge in [0, 0.05) is 11.2 Å². The second-order valence-electron chi connectivity index (χ2n) is 18.3. The summed E-state index contributed by atoms with van der Waals surface area (Å²) in [4.78, 5) is 14.6. The summed E-state index contributed by atoms with van der Waals surface area (Å²) in [5, 5.41) is 10.9. The monoisotopic (exact) mass is 552 g/mol. The van der Waals surface area contributed by atoms with Crippen LogP contribution in [0.5, 0.6) is 0 Å². The van der Waals surface area contributed by atoms with Gasteiger partial charge in [0.15, 0.2) is 5.78 Å². The minimum Gasteiger partial charge on any atom is -0.403 e. The van der Waals surface area contributed by atoms with Gasteiger partial charge in [0.2, 0.25) is 0 Å².